The van der Waals surface area contributed by atoms with E-state index in [0.29, 0.717) is 30.1 Å². The Morgan fingerprint density at radius 2 is 2.00 bits per heavy atom. The van der Waals surface area contributed by atoms with E-state index in [0.717, 1.165) is 5.56 Å². The molecule has 10 heteroatoms. The average molecular weight is 611 g/mol. The summed E-state index contributed by atoms with van der Waals surface area (Å²) in [6.45, 7) is 10.2. The lowest BCUT2D eigenvalue weighted by atomic mass is 9.70. The molecule has 1 spiro atoms. The van der Waals surface area contributed by atoms with Crippen LogP contribution in [-0.4, -0.2) is 86.8 Å². The molecule has 1 aromatic carbocycles. The molecule has 1 N–H and O–H groups in total. The standard InChI is InChI=1S/C27H33BrClN3O4S/c1-5-11-30(4)24(34)19-20-25(35)32(13-8-14-33)23(27(20)15-17(28)22(19)37-27)26(36)31(12-6-2)21-16(3)9-7-10-18(21)29/h5-7,9-10,17,19-20,22-23,33H,1-2,8,11-15H2,3-4H3/t17?,19-,20-,22-,23?,27?/m0/s1. The quantitative estimate of drug-likeness (QED) is 0.323. The second-order valence-electron chi connectivity index (χ2n) is 9.92. The maximum atomic E-state index is 14.5. The number of anilines is 1. The SMILES string of the molecule is C=CCN(C)C(=O)[C@H]1[C@H]2C(=O)N(CCCO)C(C(=O)N(CC=C)c3c(C)cccc3Cl)C23CC(Br)[C@@H]1S3. The molecule has 3 aliphatic heterocycles. The number of likely N-dealkylation sites (N-methyl/N-ethyl adjacent to an activating group) is 1. The summed E-state index contributed by atoms with van der Waals surface area (Å²) in [4.78, 5) is 47.0. The molecular weight excluding hydrogens is 578 g/mol. The molecular formula is C27H33BrClN3O4S. The predicted molar refractivity (Wildman–Crippen MR) is 152 cm³/mol. The van der Waals surface area contributed by atoms with E-state index in [-0.39, 0.29) is 47.5 Å². The number of amides is 3. The molecule has 6 atom stereocenters. The van der Waals surface area contributed by atoms with Gasteiger partial charge < -0.3 is 19.8 Å². The van der Waals surface area contributed by atoms with E-state index in [2.05, 4.69) is 29.1 Å². The Hall–Kier alpha value is -1.81. The average Bonchev–Trinajstić information content (AvgIpc) is 3.44. The fourth-order valence-corrected chi connectivity index (χ4v) is 10.2. The third kappa shape index (κ3) is 4.56. The number of aryl methyl sites for hydroxylation is 1. The Kier molecular flexibility index (Phi) is 8.48. The zero-order valence-electron chi connectivity index (χ0n) is 21.1. The van der Waals surface area contributed by atoms with Crippen LogP contribution >= 0.6 is 39.3 Å². The summed E-state index contributed by atoms with van der Waals surface area (Å²) < 4.78 is -0.771. The van der Waals surface area contributed by atoms with Crippen LogP contribution in [0.4, 0.5) is 5.69 Å². The van der Waals surface area contributed by atoms with Crippen LogP contribution in [0, 0.1) is 18.8 Å². The minimum absolute atomic E-state index is 0.0179. The topological polar surface area (TPSA) is 81.2 Å². The van der Waals surface area contributed by atoms with E-state index < -0.39 is 22.6 Å². The fraction of sp³-hybridized carbons (Fsp3) is 0.519. The maximum Gasteiger partial charge on any atom is 0.251 e. The van der Waals surface area contributed by atoms with Crippen molar-refractivity contribution < 1.29 is 19.5 Å². The van der Waals surface area contributed by atoms with Crippen molar-refractivity contribution in [2.24, 2.45) is 11.8 Å². The van der Waals surface area contributed by atoms with Crippen LogP contribution in [0.1, 0.15) is 18.4 Å². The largest absolute Gasteiger partial charge is 0.396 e. The van der Waals surface area contributed by atoms with E-state index in [1.807, 2.05) is 19.1 Å². The van der Waals surface area contributed by atoms with E-state index >= 15 is 0 Å². The Bertz CT molecular complexity index is 1100. The molecule has 200 valence electrons. The molecule has 0 saturated carbocycles. The molecule has 0 aromatic heterocycles. The molecule has 3 heterocycles. The number of rotatable bonds is 10. The van der Waals surface area contributed by atoms with Crippen LogP contribution in [0.5, 0.6) is 0 Å². The Balaban J connectivity index is 1.82. The molecule has 7 nitrogen and oxygen atoms in total. The number of carbonyl (C=O) groups is 3. The lowest BCUT2D eigenvalue weighted by molar-refractivity contribution is -0.143. The van der Waals surface area contributed by atoms with Crippen molar-refractivity contribution in [2.45, 2.75) is 40.6 Å². The van der Waals surface area contributed by atoms with Crippen LogP contribution in [-0.2, 0) is 14.4 Å². The Morgan fingerprint density at radius 3 is 2.62 bits per heavy atom. The van der Waals surface area contributed by atoms with Gasteiger partial charge in [0.2, 0.25) is 11.8 Å². The van der Waals surface area contributed by atoms with Crippen LogP contribution < -0.4 is 4.90 Å². The van der Waals surface area contributed by atoms with Gasteiger partial charge in [0.25, 0.3) is 5.91 Å². The van der Waals surface area contributed by atoms with Crippen molar-refractivity contribution in [1.29, 1.82) is 0 Å². The van der Waals surface area contributed by atoms with Crippen molar-refractivity contribution >= 4 is 62.7 Å². The molecule has 4 rings (SSSR count). The third-order valence-electron chi connectivity index (χ3n) is 7.68. The van der Waals surface area contributed by atoms with E-state index in [4.69, 9.17) is 11.6 Å². The molecule has 3 amide bonds. The lowest BCUT2D eigenvalue weighted by Crippen LogP contribution is -2.56. The highest BCUT2D eigenvalue weighted by Gasteiger charge is 2.76. The monoisotopic (exact) mass is 609 g/mol. The van der Waals surface area contributed by atoms with Gasteiger partial charge in [-0.3, -0.25) is 14.4 Å². The fourth-order valence-electron chi connectivity index (χ4n) is 6.24. The molecule has 0 radical (unpaired) electrons. The normalized spacial score (nSPS) is 29.8. The Morgan fingerprint density at radius 1 is 1.30 bits per heavy atom. The number of fused-ring (bicyclic) bond motifs is 1. The number of carbonyl (C=O) groups excluding carboxylic acids is 3. The van der Waals surface area contributed by atoms with Crippen molar-refractivity contribution in [2.75, 3.05) is 38.2 Å². The predicted octanol–water partition coefficient (Wildman–Crippen LogP) is 3.66. The lowest BCUT2D eigenvalue weighted by Gasteiger charge is -2.38. The highest BCUT2D eigenvalue weighted by atomic mass is 79.9. The molecule has 0 aliphatic carbocycles. The number of aliphatic hydroxyl groups is 1. The van der Waals surface area contributed by atoms with Crippen molar-refractivity contribution in [3.05, 3.63) is 54.1 Å². The zero-order chi connectivity index (χ0) is 27.1. The number of thioether (sulfide) groups is 1. The van der Waals surface area contributed by atoms with E-state index in [1.54, 1.807) is 51.7 Å². The van der Waals surface area contributed by atoms with Gasteiger partial charge in [-0.05, 0) is 31.4 Å². The van der Waals surface area contributed by atoms with Crippen molar-refractivity contribution in [3.8, 4) is 0 Å². The zero-order valence-corrected chi connectivity index (χ0v) is 24.3. The molecule has 37 heavy (non-hydrogen) atoms. The second kappa shape index (κ2) is 11.1. The summed E-state index contributed by atoms with van der Waals surface area (Å²) in [5, 5.41) is 9.90. The first-order chi connectivity index (χ1) is 17.6. The molecule has 3 fully saturated rings. The maximum absolute atomic E-state index is 14.5. The van der Waals surface area contributed by atoms with Gasteiger partial charge in [-0.1, -0.05) is 51.8 Å². The van der Waals surface area contributed by atoms with Crippen LogP contribution in [0.2, 0.25) is 5.02 Å². The molecule has 3 aliphatic rings. The summed E-state index contributed by atoms with van der Waals surface area (Å²) in [6.07, 6.45) is 4.23. The third-order valence-corrected chi connectivity index (χ3v) is 11.2. The van der Waals surface area contributed by atoms with E-state index in [1.165, 1.54) is 0 Å². The first kappa shape index (κ1) is 28.2. The number of hydrogen-bond acceptors (Lipinski definition) is 5. The molecule has 3 saturated heterocycles. The van der Waals surface area contributed by atoms with Crippen LogP contribution in [0.15, 0.2) is 43.5 Å². The van der Waals surface area contributed by atoms with Crippen molar-refractivity contribution in [1.82, 2.24) is 9.80 Å². The summed E-state index contributed by atoms with van der Waals surface area (Å²) >= 11 is 12.0. The Labute approximate surface area is 236 Å². The van der Waals surface area contributed by atoms with Gasteiger partial charge in [0.15, 0.2) is 0 Å². The number of halogens is 2. The molecule has 3 unspecified atom stereocenters. The van der Waals surface area contributed by atoms with Crippen LogP contribution in [0.3, 0.4) is 0 Å². The molecule has 1 aromatic rings. The minimum atomic E-state index is -0.801. The van der Waals surface area contributed by atoms with Gasteiger partial charge in [-0.2, -0.15) is 0 Å². The number of likely N-dealkylation sites (tertiary alicyclic amines) is 1. The van der Waals surface area contributed by atoms with Gasteiger partial charge in [-0.25, -0.2) is 0 Å². The second-order valence-corrected chi connectivity index (χ2v) is 13.0. The number of aliphatic hydroxyl groups excluding tert-OH is 1. The summed E-state index contributed by atoms with van der Waals surface area (Å²) in [5.74, 6) is -1.72. The van der Waals surface area contributed by atoms with Crippen LogP contribution in [0.25, 0.3) is 0 Å². The van der Waals surface area contributed by atoms with Gasteiger partial charge >= 0.3 is 0 Å². The van der Waals surface area contributed by atoms with E-state index in [9.17, 15) is 19.5 Å². The first-order valence-corrected chi connectivity index (χ1v) is 14.6. The smallest absolute Gasteiger partial charge is 0.251 e. The highest BCUT2D eigenvalue weighted by Crippen LogP contribution is 2.68. The van der Waals surface area contributed by atoms with Gasteiger partial charge in [0, 0.05) is 43.4 Å². The first-order valence-electron chi connectivity index (χ1n) is 12.4. The summed E-state index contributed by atoms with van der Waals surface area (Å²) in [7, 11) is 1.72. The van der Waals surface area contributed by atoms with Gasteiger partial charge in [0.1, 0.15) is 6.04 Å². The number of para-hydroxylation sites is 1. The summed E-state index contributed by atoms with van der Waals surface area (Å²) in [5.41, 5.74) is 1.43. The molecule has 2 bridgehead atoms. The highest BCUT2D eigenvalue weighted by molar-refractivity contribution is 9.09. The van der Waals surface area contributed by atoms with Gasteiger partial charge in [-0.15, -0.1) is 24.9 Å². The number of alkyl halides is 1. The van der Waals surface area contributed by atoms with Crippen molar-refractivity contribution in [3.63, 3.8) is 0 Å². The van der Waals surface area contributed by atoms with Gasteiger partial charge in [0.05, 0.1) is 27.3 Å². The number of hydrogen-bond donors (Lipinski definition) is 1. The summed E-state index contributed by atoms with van der Waals surface area (Å²) in [6, 6.07) is 4.67. The minimum Gasteiger partial charge on any atom is -0.396 e. The number of nitrogens with zero attached hydrogens (tertiary/aromatic N) is 3. The number of benzene rings is 1.